The zero-order chi connectivity index (χ0) is 27.8. The van der Waals surface area contributed by atoms with Gasteiger partial charge in [-0.05, 0) is 31.2 Å². The smallest absolute Gasteiger partial charge is 0.245 e. The molecule has 1 spiro atoms. The number of hydrogen-bond acceptors (Lipinski definition) is 7. The third kappa shape index (κ3) is 4.96. The SMILES string of the molecule is CC(C)[C@H](CO)N1C(=O)[C@@H]2[C@@H](C(=O)NCc3ccccc3)[C@@]3(C)CCC2(O3)C1C(=O)NCCN1CCOCC1. The Kier molecular flexibility index (Phi) is 8.01. The number of aliphatic hydroxyl groups excluding tert-OH is 1. The second-order valence-corrected chi connectivity index (χ2v) is 11.9. The van der Waals surface area contributed by atoms with Crippen LogP contribution in [0.2, 0.25) is 0 Å². The zero-order valence-corrected chi connectivity index (χ0v) is 23.2. The van der Waals surface area contributed by atoms with E-state index < -0.39 is 35.1 Å². The molecule has 4 saturated heterocycles. The summed E-state index contributed by atoms with van der Waals surface area (Å²) >= 11 is 0. The maximum atomic E-state index is 14.2. The van der Waals surface area contributed by atoms with Crippen molar-refractivity contribution in [1.29, 1.82) is 0 Å². The Hall–Kier alpha value is -2.53. The van der Waals surface area contributed by atoms with Crippen molar-refractivity contribution in [3.8, 4) is 0 Å². The Balaban J connectivity index is 1.40. The number of morpholine rings is 1. The quantitative estimate of drug-likeness (QED) is 0.395. The fraction of sp³-hybridized carbons (Fsp3) is 0.690. The summed E-state index contributed by atoms with van der Waals surface area (Å²) in [5.41, 5.74) is -0.982. The molecule has 214 valence electrons. The summed E-state index contributed by atoms with van der Waals surface area (Å²) in [6, 6.07) is 8.16. The van der Waals surface area contributed by atoms with Crippen molar-refractivity contribution < 1.29 is 29.0 Å². The zero-order valence-electron chi connectivity index (χ0n) is 23.2. The molecule has 0 aromatic heterocycles. The molecule has 0 saturated carbocycles. The number of amides is 3. The summed E-state index contributed by atoms with van der Waals surface area (Å²) < 4.78 is 12.1. The van der Waals surface area contributed by atoms with Crippen molar-refractivity contribution in [1.82, 2.24) is 20.4 Å². The topological polar surface area (TPSA) is 120 Å². The molecule has 1 aromatic rings. The summed E-state index contributed by atoms with van der Waals surface area (Å²) in [7, 11) is 0. The van der Waals surface area contributed by atoms with Crippen LogP contribution in [0.25, 0.3) is 0 Å². The fourth-order valence-electron chi connectivity index (χ4n) is 7.20. The summed E-state index contributed by atoms with van der Waals surface area (Å²) in [6.45, 7) is 9.93. The molecule has 3 N–H and O–H groups in total. The lowest BCUT2D eigenvalue weighted by Crippen LogP contribution is -2.59. The van der Waals surface area contributed by atoms with Gasteiger partial charge in [-0.3, -0.25) is 19.3 Å². The van der Waals surface area contributed by atoms with Gasteiger partial charge in [-0.25, -0.2) is 0 Å². The number of aliphatic hydroxyl groups is 1. The molecule has 10 nitrogen and oxygen atoms in total. The van der Waals surface area contributed by atoms with Crippen LogP contribution in [0.4, 0.5) is 0 Å². The summed E-state index contributed by atoms with van der Waals surface area (Å²) in [5.74, 6) is -2.39. The van der Waals surface area contributed by atoms with Crippen molar-refractivity contribution in [2.24, 2.45) is 17.8 Å². The van der Waals surface area contributed by atoms with Crippen molar-refractivity contribution in [2.45, 2.75) is 63.4 Å². The lowest BCUT2D eigenvalue weighted by Gasteiger charge is -2.38. The number of benzene rings is 1. The van der Waals surface area contributed by atoms with Crippen molar-refractivity contribution in [3.05, 3.63) is 35.9 Å². The Morgan fingerprint density at radius 2 is 1.82 bits per heavy atom. The summed E-state index contributed by atoms with van der Waals surface area (Å²) in [4.78, 5) is 45.5. The highest BCUT2D eigenvalue weighted by atomic mass is 16.5. The van der Waals surface area contributed by atoms with E-state index in [-0.39, 0.29) is 30.2 Å². The van der Waals surface area contributed by atoms with Gasteiger partial charge < -0.3 is 30.1 Å². The predicted molar refractivity (Wildman–Crippen MR) is 143 cm³/mol. The van der Waals surface area contributed by atoms with Gasteiger partial charge in [-0.1, -0.05) is 44.2 Å². The van der Waals surface area contributed by atoms with Gasteiger partial charge in [0.25, 0.3) is 0 Å². The maximum absolute atomic E-state index is 14.2. The Labute approximate surface area is 230 Å². The lowest BCUT2D eigenvalue weighted by atomic mass is 9.66. The second kappa shape index (κ2) is 11.2. The number of likely N-dealkylation sites (tertiary alicyclic amines) is 1. The molecule has 5 rings (SSSR count). The molecule has 4 aliphatic rings. The van der Waals surface area contributed by atoms with Crippen molar-refractivity contribution >= 4 is 17.7 Å². The summed E-state index contributed by atoms with van der Waals surface area (Å²) in [6.07, 6.45) is 1.09. The third-order valence-corrected chi connectivity index (χ3v) is 9.20. The van der Waals surface area contributed by atoms with Gasteiger partial charge >= 0.3 is 0 Å². The van der Waals surface area contributed by atoms with E-state index in [0.29, 0.717) is 45.7 Å². The Morgan fingerprint density at radius 3 is 2.49 bits per heavy atom. The van der Waals surface area contributed by atoms with E-state index in [1.54, 1.807) is 4.90 Å². The number of hydrogen-bond donors (Lipinski definition) is 3. The minimum absolute atomic E-state index is 0.0871. The van der Waals surface area contributed by atoms with Crippen molar-refractivity contribution in [2.75, 3.05) is 46.0 Å². The van der Waals surface area contributed by atoms with Gasteiger partial charge in [0.05, 0.1) is 43.3 Å². The fourth-order valence-corrected chi connectivity index (χ4v) is 7.20. The van der Waals surface area contributed by atoms with Crippen LogP contribution in [0.3, 0.4) is 0 Å². The number of ether oxygens (including phenoxy) is 2. The minimum atomic E-state index is -1.11. The highest BCUT2D eigenvalue weighted by Gasteiger charge is 2.78. The molecular formula is C29H42N4O6. The van der Waals surface area contributed by atoms with Gasteiger partial charge in [0.2, 0.25) is 17.7 Å². The first-order valence-corrected chi connectivity index (χ1v) is 14.2. The van der Waals surface area contributed by atoms with Crippen LogP contribution in [-0.2, 0) is 30.4 Å². The monoisotopic (exact) mass is 542 g/mol. The molecule has 0 radical (unpaired) electrons. The van der Waals surface area contributed by atoms with E-state index in [9.17, 15) is 19.5 Å². The Morgan fingerprint density at radius 1 is 1.10 bits per heavy atom. The van der Waals surface area contributed by atoms with Gasteiger partial charge in [0.1, 0.15) is 11.6 Å². The van der Waals surface area contributed by atoms with E-state index in [2.05, 4.69) is 15.5 Å². The summed E-state index contributed by atoms with van der Waals surface area (Å²) in [5, 5.41) is 16.4. The molecule has 4 heterocycles. The van der Waals surface area contributed by atoms with Crippen LogP contribution in [-0.4, -0.2) is 102 Å². The van der Waals surface area contributed by atoms with E-state index in [1.165, 1.54) is 0 Å². The highest BCUT2D eigenvalue weighted by molar-refractivity contribution is 5.99. The number of nitrogens with zero attached hydrogens (tertiary/aromatic N) is 2. The van der Waals surface area contributed by atoms with Gasteiger partial charge in [-0.2, -0.15) is 0 Å². The van der Waals surface area contributed by atoms with E-state index >= 15 is 0 Å². The third-order valence-electron chi connectivity index (χ3n) is 9.20. The first-order chi connectivity index (χ1) is 18.7. The van der Waals surface area contributed by atoms with Crippen LogP contribution in [0, 0.1) is 17.8 Å². The number of rotatable bonds is 10. The molecule has 2 unspecified atom stereocenters. The molecule has 4 fully saturated rings. The van der Waals surface area contributed by atoms with Crippen LogP contribution in [0.1, 0.15) is 39.2 Å². The molecule has 4 aliphatic heterocycles. The molecule has 0 aliphatic carbocycles. The average Bonchev–Trinajstić information content (AvgIpc) is 3.50. The average molecular weight is 543 g/mol. The molecular weight excluding hydrogens is 500 g/mol. The van der Waals surface area contributed by atoms with E-state index in [0.717, 1.165) is 18.7 Å². The molecule has 6 atom stereocenters. The molecule has 2 bridgehead atoms. The van der Waals surface area contributed by atoms with Gasteiger partial charge in [-0.15, -0.1) is 0 Å². The van der Waals surface area contributed by atoms with Crippen LogP contribution in [0.5, 0.6) is 0 Å². The lowest BCUT2D eigenvalue weighted by molar-refractivity contribution is -0.150. The largest absolute Gasteiger partial charge is 0.394 e. The van der Waals surface area contributed by atoms with Gasteiger partial charge in [0, 0.05) is 32.7 Å². The normalized spacial score (nSPS) is 32.9. The van der Waals surface area contributed by atoms with Crippen LogP contribution >= 0.6 is 0 Å². The van der Waals surface area contributed by atoms with E-state index in [4.69, 9.17) is 9.47 Å². The first kappa shape index (κ1) is 28.0. The molecule has 3 amide bonds. The standard InChI is InChI=1S/C29H42N4O6/c1-19(2)21(18-34)33-24(26(36)30-11-12-32-13-15-38-16-14-32)29-10-9-28(3,39-29)22(23(29)27(33)37)25(35)31-17-20-7-5-4-6-8-20/h4-8,19,21-24,34H,9-18H2,1-3H3,(H,30,36)(H,31,35)/t21-,22-,23-,24?,28+,29?/m0/s1. The Bertz CT molecular complexity index is 1060. The van der Waals surface area contributed by atoms with Crippen molar-refractivity contribution in [3.63, 3.8) is 0 Å². The van der Waals surface area contributed by atoms with Gasteiger partial charge in [0.15, 0.2) is 0 Å². The number of carbonyl (C=O) groups is 3. The number of nitrogens with one attached hydrogen (secondary N) is 2. The number of carbonyl (C=O) groups excluding carboxylic acids is 3. The first-order valence-electron chi connectivity index (χ1n) is 14.2. The molecule has 39 heavy (non-hydrogen) atoms. The predicted octanol–water partition coefficient (Wildman–Crippen LogP) is 0.533. The van der Waals surface area contributed by atoms with Crippen LogP contribution in [0.15, 0.2) is 30.3 Å². The minimum Gasteiger partial charge on any atom is -0.394 e. The highest BCUT2D eigenvalue weighted by Crippen LogP contribution is 2.63. The molecule has 10 heteroatoms. The second-order valence-electron chi connectivity index (χ2n) is 11.9. The maximum Gasteiger partial charge on any atom is 0.245 e. The number of fused-ring (bicyclic) bond motifs is 1. The van der Waals surface area contributed by atoms with E-state index in [1.807, 2.05) is 51.1 Å². The molecule has 1 aromatic carbocycles. The van der Waals surface area contributed by atoms with Crippen LogP contribution < -0.4 is 10.6 Å².